The van der Waals surface area contributed by atoms with E-state index in [-0.39, 0.29) is 6.61 Å². The van der Waals surface area contributed by atoms with Crippen LogP contribution in [0.3, 0.4) is 0 Å². The lowest BCUT2D eigenvalue weighted by molar-refractivity contribution is -0.0961. The third-order valence-electron chi connectivity index (χ3n) is 11.0. The van der Waals surface area contributed by atoms with Gasteiger partial charge < -0.3 is 29.0 Å². The molecular formula is C51H43N5O7. The van der Waals surface area contributed by atoms with E-state index in [2.05, 4.69) is 15.3 Å². The maximum Gasteiger partial charge on any atom is 0.338 e. The molecular weight excluding hydrogens is 795 g/mol. The van der Waals surface area contributed by atoms with Crippen LogP contribution < -0.4 is 10.1 Å². The van der Waals surface area contributed by atoms with E-state index in [0.717, 1.165) is 22.3 Å². The molecule has 1 aliphatic heterocycles. The smallest absolute Gasteiger partial charge is 0.338 e. The standard InChI is InChI=1S/C51H43N5O7/c1-59-41-29-27-40(28-30-41)51(38-23-13-5-14-24-38,39-25-15-6-16-26-39)60-32-42-44(62-49(57)36-19-9-3-10-20-36)45(63-50(58)37-21-11-4-12-22-37)48(61-42)56-34-55-43-46(53-33-54-47(43)56)52-31-35-17-7-2-8-18-35/h2-30,33-34,42,44-45,48H,31-32H2,1H3,(H,52,53,54)/t42-,44-,45-,48-/m1/s1. The second-order valence-corrected chi connectivity index (χ2v) is 14.9. The molecule has 9 rings (SSSR count). The number of carbonyl (C=O) groups excluding carboxylic acids is 2. The first-order valence-electron chi connectivity index (χ1n) is 20.5. The van der Waals surface area contributed by atoms with Crippen LogP contribution in [0.5, 0.6) is 5.75 Å². The Bertz CT molecular complexity index is 2720. The Balaban J connectivity index is 1.15. The van der Waals surface area contributed by atoms with E-state index in [9.17, 15) is 9.59 Å². The normalized spacial score (nSPS) is 17.2. The van der Waals surface area contributed by atoms with Gasteiger partial charge in [0.25, 0.3) is 0 Å². The summed E-state index contributed by atoms with van der Waals surface area (Å²) in [6, 6.07) is 54.7. The Morgan fingerprint density at radius 1 is 0.635 bits per heavy atom. The molecule has 1 aliphatic rings. The van der Waals surface area contributed by atoms with Crippen molar-refractivity contribution >= 4 is 28.9 Å². The maximum atomic E-state index is 14.1. The number of carbonyl (C=O) groups is 2. The van der Waals surface area contributed by atoms with E-state index >= 15 is 0 Å². The molecule has 0 radical (unpaired) electrons. The van der Waals surface area contributed by atoms with E-state index in [1.54, 1.807) is 66.5 Å². The Morgan fingerprint density at radius 2 is 1.16 bits per heavy atom. The molecule has 0 bridgehead atoms. The van der Waals surface area contributed by atoms with Crippen molar-refractivity contribution in [1.29, 1.82) is 0 Å². The summed E-state index contributed by atoms with van der Waals surface area (Å²) in [6.45, 7) is 0.358. The van der Waals surface area contributed by atoms with Crippen molar-refractivity contribution in [3.8, 4) is 5.75 Å². The summed E-state index contributed by atoms with van der Waals surface area (Å²) in [5.74, 6) is -0.0860. The molecule has 12 heteroatoms. The molecule has 12 nitrogen and oxygen atoms in total. The molecule has 3 heterocycles. The largest absolute Gasteiger partial charge is 0.497 e. The van der Waals surface area contributed by atoms with Gasteiger partial charge in [0.05, 0.1) is 31.2 Å². The molecule has 0 unspecified atom stereocenters. The molecule has 0 amide bonds. The Labute approximate surface area is 364 Å². The van der Waals surface area contributed by atoms with Crippen LogP contribution in [-0.4, -0.2) is 63.5 Å². The predicted molar refractivity (Wildman–Crippen MR) is 236 cm³/mol. The van der Waals surface area contributed by atoms with Gasteiger partial charge in [-0.15, -0.1) is 0 Å². The first kappa shape index (κ1) is 40.7. The molecule has 0 saturated carbocycles. The van der Waals surface area contributed by atoms with E-state index in [0.29, 0.717) is 40.4 Å². The number of imidazole rings is 1. The second kappa shape index (κ2) is 18.5. The quantitative estimate of drug-likeness (QED) is 0.0784. The highest BCUT2D eigenvalue weighted by atomic mass is 16.7. The zero-order chi connectivity index (χ0) is 43.0. The summed E-state index contributed by atoms with van der Waals surface area (Å²) in [6.07, 6.45) is -1.50. The summed E-state index contributed by atoms with van der Waals surface area (Å²) in [7, 11) is 1.62. The molecule has 63 heavy (non-hydrogen) atoms. The highest BCUT2D eigenvalue weighted by Gasteiger charge is 2.52. The topological polar surface area (TPSA) is 136 Å². The molecule has 0 spiro atoms. The minimum absolute atomic E-state index is 0.135. The molecule has 2 aromatic heterocycles. The Hall–Kier alpha value is -7.67. The molecule has 8 aromatic rings. The minimum Gasteiger partial charge on any atom is -0.497 e. The van der Waals surface area contributed by atoms with Gasteiger partial charge in [0, 0.05) is 6.54 Å². The number of aromatic nitrogens is 4. The average molecular weight is 838 g/mol. The zero-order valence-electron chi connectivity index (χ0n) is 34.3. The van der Waals surface area contributed by atoms with Crippen molar-refractivity contribution in [2.45, 2.75) is 36.7 Å². The van der Waals surface area contributed by atoms with Crippen LogP contribution >= 0.6 is 0 Å². The number of nitrogens with one attached hydrogen (secondary N) is 1. The van der Waals surface area contributed by atoms with Crippen molar-refractivity contribution in [2.75, 3.05) is 19.0 Å². The third-order valence-corrected chi connectivity index (χ3v) is 11.0. The fraction of sp³-hybridized carbons (Fsp3) is 0.157. The van der Waals surface area contributed by atoms with E-state index < -0.39 is 42.1 Å². The first-order valence-corrected chi connectivity index (χ1v) is 20.5. The van der Waals surface area contributed by atoms with Crippen molar-refractivity contribution in [3.05, 3.63) is 222 Å². The molecule has 6 aromatic carbocycles. The number of esters is 2. The van der Waals surface area contributed by atoms with Crippen LogP contribution in [-0.2, 0) is 31.1 Å². The van der Waals surface area contributed by atoms with E-state index in [4.69, 9.17) is 28.7 Å². The highest BCUT2D eigenvalue weighted by molar-refractivity contribution is 5.90. The Kier molecular flexibility index (Phi) is 12.0. The molecule has 4 atom stereocenters. The maximum absolute atomic E-state index is 14.1. The number of nitrogens with zero attached hydrogens (tertiary/aromatic N) is 4. The lowest BCUT2D eigenvalue weighted by Gasteiger charge is -2.37. The minimum atomic E-state index is -1.21. The van der Waals surface area contributed by atoms with Crippen LogP contribution in [0.4, 0.5) is 5.82 Å². The molecule has 1 N–H and O–H groups in total. The van der Waals surface area contributed by atoms with Crippen LogP contribution in [0.25, 0.3) is 11.2 Å². The number of rotatable bonds is 15. The summed E-state index contributed by atoms with van der Waals surface area (Å²) >= 11 is 0. The fourth-order valence-corrected chi connectivity index (χ4v) is 7.94. The molecule has 1 fully saturated rings. The van der Waals surface area contributed by atoms with Gasteiger partial charge >= 0.3 is 11.9 Å². The van der Waals surface area contributed by atoms with Crippen molar-refractivity contribution in [2.24, 2.45) is 0 Å². The zero-order valence-corrected chi connectivity index (χ0v) is 34.3. The first-order chi connectivity index (χ1) is 31.0. The number of anilines is 1. The summed E-state index contributed by atoms with van der Waals surface area (Å²) in [5, 5.41) is 3.38. The van der Waals surface area contributed by atoms with Crippen molar-refractivity contribution in [1.82, 2.24) is 19.5 Å². The van der Waals surface area contributed by atoms with Crippen LogP contribution in [0, 0.1) is 0 Å². The average Bonchev–Trinajstić information content (AvgIpc) is 3.93. The number of methoxy groups -OCH3 is 1. The monoisotopic (exact) mass is 837 g/mol. The highest BCUT2D eigenvalue weighted by Crippen LogP contribution is 2.43. The fourth-order valence-electron chi connectivity index (χ4n) is 7.94. The number of hydrogen-bond donors (Lipinski definition) is 1. The van der Waals surface area contributed by atoms with Gasteiger partial charge in [-0.1, -0.05) is 140 Å². The van der Waals surface area contributed by atoms with Crippen LogP contribution in [0.15, 0.2) is 189 Å². The second-order valence-electron chi connectivity index (χ2n) is 14.9. The van der Waals surface area contributed by atoms with Gasteiger partial charge in [-0.2, -0.15) is 0 Å². The van der Waals surface area contributed by atoms with Crippen molar-refractivity contribution in [3.63, 3.8) is 0 Å². The Morgan fingerprint density at radius 3 is 1.73 bits per heavy atom. The predicted octanol–water partition coefficient (Wildman–Crippen LogP) is 8.80. The van der Waals surface area contributed by atoms with Crippen molar-refractivity contribution < 1.29 is 33.3 Å². The van der Waals surface area contributed by atoms with Gasteiger partial charge in [-0.05, 0) is 58.7 Å². The van der Waals surface area contributed by atoms with Gasteiger partial charge in [-0.3, -0.25) is 4.57 Å². The van der Waals surface area contributed by atoms with Gasteiger partial charge in [0.15, 0.2) is 35.4 Å². The molecule has 1 saturated heterocycles. The summed E-state index contributed by atoms with van der Waals surface area (Å²) in [5.41, 5.74) is 3.84. The number of ether oxygens (including phenoxy) is 5. The number of fused-ring (bicyclic) bond motifs is 1. The number of hydrogen-bond acceptors (Lipinski definition) is 11. The third kappa shape index (κ3) is 8.50. The molecule has 0 aliphatic carbocycles. The van der Waals surface area contributed by atoms with Crippen LogP contribution in [0.1, 0.15) is 49.2 Å². The lowest BCUT2D eigenvalue weighted by atomic mass is 9.80. The van der Waals surface area contributed by atoms with E-state index in [1.807, 2.05) is 127 Å². The van der Waals surface area contributed by atoms with Crippen LogP contribution in [0.2, 0.25) is 0 Å². The van der Waals surface area contributed by atoms with Gasteiger partial charge in [0.1, 0.15) is 23.8 Å². The van der Waals surface area contributed by atoms with E-state index in [1.165, 1.54) is 6.33 Å². The summed E-state index contributed by atoms with van der Waals surface area (Å²) < 4.78 is 34.3. The SMILES string of the molecule is COc1ccc(C(OC[C@H]2O[C@@H](n3cnc4c(NCc5ccccc5)ncnc43)[C@H](OC(=O)c3ccccc3)[C@@H]2OC(=O)c2ccccc2)(c2ccccc2)c2ccccc2)cc1. The summed E-state index contributed by atoms with van der Waals surface area (Å²) in [4.78, 5) is 42.0. The van der Waals surface area contributed by atoms with Gasteiger partial charge in [0.2, 0.25) is 0 Å². The van der Waals surface area contributed by atoms with Gasteiger partial charge in [-0.25, -0.2) is 24.5 Å². The number of benzene rings is 6. The lowest BCUT2D eigenvalue weighted by Crippen LogP contribution is -2.43. The molecule has 314 valence electrons.